The van der Waals surface area contributed by atoms with Crippen LogP contribution in [-0.4, -0.2) is 16.4 Å². The molecule has 154 valence electrons. The number of benzene rings is 2. The van der Waals surface area contributed by atoms with Crippen LogP contribution in [0.1, 0.15) is 36.2 Å². The molecule has 1 N–H and O–H groups in total. The summed E-state index contributed by atoms with van der Waals surface area (Å²) in [7, 11) is 0. The number of nitrogens with one attached hydrogen (secondary N) is 1. The number of rotatable bonds is 3. The zero-order valence-electron chi connectivity index (χ0n) is 17.0. The first kappa shape index (κ1) is 19.3. The molecule has 0 saturated carbocycles. The first-order valence-corrected chi connectivity index (χ1v) is 10.9. The summed E-state index contributed by atoms with van der Waals surface area (Å²) in [5.41, 5.74) is 4.39. The molecular weight excluding hydrogens is 406 g/mol. The van der Waals surface area contributed by atoms with Crippen molar-refractivity contribution in [3.63, 3.8) is 0 Å². The van der Waals surface area contributed by atoms with E-state index in [0.717, 1.165) is 28.4 Å². The standard InChI is InChI=1S/C25H21N3O2S/c1-17-8-13-23(31-17)24(29)26-20-11-9-18(10-12-20)25(30)28-16-21-6-4-14-27(21)15-19-5-2-3-7-22(19)28/h2-14H,15-16H2,1H3,(H,26,29). The van der Waals surface area contributed by atoms with Gasteiger partial charge in [0, 0.05) is 40.3 Å². The lowest BCUT2D eigenvalue weighted by molar-refractivity contribution is 0.0984. The largest absolute Gasteiger partial charge is 0.345 e. The lowest BCUT2D eigenvalue weighted by Crippen LogP contribution is -2.30. The minimum absolute atomic E-state index is 0.0612. The molecule has 6 heteroatoms. The lowest BCUT2D eigenvalue weighted by atomic mass is 10.1. The van der Waals surface area contributed by atoms with Crippen LogP contribution < -0.4 is 10.2 Å². The first-order valence-electron chi connectivity index (χ1n) is 10.1. The SMILES string of the molecule is Cc1ccc(C(=O)Nc2ccc(C(=O)N3Cc4cccn4Cc4ccccc43)cc2)s1. The van der Waals surface area contributed by atoms with Crippen LogP contribution >= 0.6 is 11.3 Å². The molecule has 1 aliphatic heterocycles. The fourth-order valence-electron chi connectivity index (χ4n) is 3.87. The van der Waals surface area contributed by atoms with Crippen molar-refractivity contribution in [1.29, 1.82) is 0 Å². The average Bonchev–Trinajstić information content (AvgIpc) is 3.38. The highest BCUT2D eigenvalue weighted by Crippen LogP contribution is 2.29. The minimum atomic E-state index is -0.139. The lowest BCUT2D eigenvalue weighted by Gasteiger charge is -2.23. The zero-order chi connectivity index (χ0) is 21.4. The van der Waals surface area contributed by atoms with E-state index in [-0.39, 0.29) is 11.8 Å². The number of hydrogen-bond acceptors (Lipinski definition) is 3. The monoisotopic (exact) mass is 427 g/mol. The van der Waals surface area contributed by atoms with Crippen LogP contribution in [0.3, 0.4) is 0 Å². The van der Waals surface area contributed by atoms with Crippen LogP contribution in [0, 0.1) is 6.92 Å². The number of aryl methyl sites for hydroxylation is 1. The second-order valence-corrected chi connectivity index (χ2v) is 8.88. The van der Waals surface area contributed by atoms with Crippen LogP contribution in [-0.2, 0) is 13.1 Å². The Kier molecular flexibility index (Phi) is 4.92. The van der Waals surface area contributed by atoms with E-state index in [1.807, 2.05) is 54.4 Å². The zero-order valence-corrected chi connectivity index (χ0v) is 17.9. The van der Waals surface area contributed by atoms with Gasteiger partial charge in [0.25, 0.3) is 11.8 Å². The van der Waals surface area contributed by atoms with Gasteiger partial charge in [0.15, 0.2) is 0 Å². The maximum Gasteiger partial charge on any atom is 0.265 e. The van der Waals surface area contributed by atoms with Crippen LogP contribution in [0.4, 0.5) is 11.4 Å². The van der Waals surface area contributed by atoms with E-state index in [2.05, 4.69) is 22.0 Å². The van der Waals surface area contributed by atoms with Gasteiger partial charge in [0.05, 0.1) is 11.4 Å². The highest BCUT2D eigenvalue weighted by atomic mass is 32.1. The third-order valence-electron chi connectivity index (χ3n) is 5.47. The van der Waals surface area contributed by atoms with E-state index < -0.39 is 0 Å². The Morgan fingerprint density at radius 3 is 2.48 bits per heavy atom. The van der Waals surface area contributed by atoms with Crippen molar-refractivity contribution < 1.29 is 9.59 Å². The van der Waals surface area contributed by atoms with E-state index in [0.29, 0.717) is 22.7 Å². The van der Waals surface area contributed by atoms with Gasteiger partial charge in [-0.2, -0.15) is 0 Å². The summed E-state index contributed by atoms with van der Waals surface area (Å²) in [6.45, 7) is 3.23. The number of hydrogen-bond donors (Lipinski definition) is 1. The van der Waals surface area contributed by atoms with Gasteiger partial charge in [-0.25, -0.2) is 0 Å². The minimum Gasteiger partial charge on any atom is -0.345 e. The second-order valence-electron chi connectivity index (χ2n) is 7.59. The number of amides is 2. The van der Waals surface area contributed by atoms with Crippen molar-refractivity contribution in [2.24, 2.45) is 0 Å². The number of para-hydroxylation sites is 1. The summed E-state index contributed by atoms with van der Waals surface area (Å²) in [5.74, 6) is -0.201. The highest BCUT2D eigenvalue weighted by Gasteiger charge is 2.24. The van der Waals surface area contributed by atoms with Gasteiger partial charge in [-0.3, -0.25) is 9.59 Å². The first-order chi connectivity index (χ1) is 15.1. The molecule has 2 aromatic carbocycles. The summed E-state index contributed by atoms with van der Waals surface area (Å²) >= 11 is 1.46. The number of thiophene rings is 1. The van der Waals surface area contributed by atoms with Crippen molar-refractivity contribution in [2.45, 2.75) is 20.0 Å². The Labute approximate surface area is 184 Å². The Hall–Kier alpha value is -3.64. The van der Waals surface area contributed by atoms with E-state index in [9.17, 15) is 9.59 Å². The number of fused-ring (bicyclic) bond motifs is 2. The molecule has 4 aromatic rings. The summed E-state index contributed by atoms with van der Waals surface area (Å²) in [4.78, 5) is 29.4. The second kappa shape index (κ2) is 7.89. The van der Waals surface area contributed by atoms with E-state index in [1.165, 1.54) is 11.3 Å². The topological polar surface area (TPSA) is 54.3 Å². The van der Waals surface area contributed by atoms with E-state index >= 15 is 0 Å². The van der Waals surface area contributed by atoms with Gasteiger partial charge in [-0.1, -0.05) is 18.2 Å². The quantitative estimate of drug-likeness (QED) is 0.481. The Morgan fingerprint density at radius 1 is 0.903 bits per heavy atom. The number of anilines is 2. The molecule has 2 aromatic heterocycles. The molecule has 0 saturated heterocycles. The van der Waals surface area contributed by atoms with Gasteiger partial charge in [0.2, 0.25) is 0 Å². The summed E-state index contributed by atoms with van der Waals surface area (Å²) < 4.78 is 2.18. The average molecular weight is 428 g/mol. The number of carbonyl (C=O) groups is 2. The van der Waals surface area contributed by atoms with Crippen molar-refractivity contribution >= 4 is 34.5 Å². The van der Waals surface area contributed by atoms with E-state index in [4.69, 9.17) is 0 Å². The van der Waals surface area contributed by atoms with Gasteiger partial charge in [-0.05, 0) is 67.1 Å². The van der Waals surface area contributed by atoms with Crippen LogP contribution in [0.5, 0.6) is 0 Å². The van der Waals surface area contributed by atoms with Crippen molar-refractivity contribution in [3.05, 3.63) is 106 Å². The molecular formula is C25H21N3O2S. The molecule has 2 amide bonds. The van der Waals surface area contributed by atoms with Crippen molar-refractivity contribution in [1.82, 2.24) is 4.57 Å². The molecule has 0 unspecified atom stereocenters. The summed E-state index contributed by atoms with van der Waals surface area (Å²) in [6, 6.07) is 22.9. The van der Waals surface area contributed by atoms with Gasteiger partial charge in [-0.15, -0.1) is 11.3 Å². The molecule has 31 heavy (non-hydrogen) atoms. The Balaban J connectivity index is 1.39. The van der Waals surface area contributed by atoms with Crippen molar-refractivity contribution in [3.8, 4) is 0 Å². The van der Waals surface area contributed by atoms with Crippen LogP contribution in [0.2, 0.25) is 0 Å². The maximum absolute atomic E-state index is 13.4. The maximum atomic E-state index is 13.4. The van der Waals surface area contributed by atoms with Gasteiger partial charge < -0.3 is 14.8 Å². The predicted octanol–water partition coefficient (Wildman–Crippen LogP) is 5.32. The van der Waals surface area contributed by atoms with Crippen LogP contribution in [0.15, 0.2) is 79.0 Å². The number of aromatic nitrogens is 1. The molecule has 5 rings (SSSR count). The summed E-state index contributed by atoms with van der Waals surface area (Å²) in [5, 5.41) is 2.90. The molecule has 1 aliphatic rings. The molecule has 0 bridgehead atoms. The third kappa shape index (κ3) is 3.78. The van der Waals surface area contributed by atoms with Crippen LogP contribution in [0.25, 0.3) is 0 Å². The predicted molar refractivity (Wildman–Crippen MR) is 124 cm³/mol. The third-order valence-corrected chi connectivity index (χ3v) is 6.47. The summed E-state index contributed by atoms with van der Waals surface area (Å²) in [6.07, 6.45) is 2.05. The fraction of sp³-hybridized carbons (Fsp3) is 0.120. The molecule has 0 fully saturated rings. The molecule has 5 nitrogen and oxygen atoms in total. The number of nitrogens with zero attached hydrogens (tertiary/aromatic N) is 2. The number of carbonyl (C=O) groups excluding carboxylic acids is 2. The molecule has 0 spiro atoms. The Morgan fingerprint density at radius 2 is 1.71 bits per heavy atom. The fourth-order valence-corrected chi connectivity index (χ4v) is 4.63. The molecule has 0 radical (unpaired) electrons. The van der Waals surface area contributed by atoms with Crippen molar-refractivity contribution in [2.75, 3.05) is 10.2 Å². The normalized spacial score (nSPS) is 12.6. The molecule has 3 heterocycles. The van der Waals surface area contributed by atoms with Gasteiger partial charge >= 0.3 is 0 Å². The molecule has 0 aliphatic carbocycles. The smallest absolute Gasteiger partial charge is 0.265 e. The van der Waals surface area contributed by atoms with E-state index in [1.54, 1.807) is 24.3 Å². The molecule has 0 atom stereocenters. The van der Waals surface area contributed by atoms with Gasteiger partial charge in [0.1, 0.15) is 0 Å². The Bertz CT molecular complexity index is 1270. The highest BCUT2D eigenvalue weighted by molar-refractivity contribution is 7.14.